The van der Waals surface area contributed by atoms with Crippen molar-refractivity contribution in [3.05, 3.63) is 66.2 Å². The van der Waals surface area contributed by atoms with E-state index in [1.54, 1.807) is 18.0 Å². The molecule has 4 heterocycles. The SMILES string of the molecule is CC1CCN(c2nnc(SCc3cccc4cccnc34)n2Cc2ccco2)CC1. The summed E-state index contributed by atoms with van der Waals surface area (Å²) in [5, 5.41) is 11.2. The van der Waals surface area contributed by atoms with Gasteiger partial charge >= 0.3 is 0 Å². The summed E-state index contributed by atoms with van der Waals surface area (Å²) in [7, 11) is 0. The third-order valence-electron chi connectivity index (χ3n) is 5.73. The molecule has 7 heteroatoms. The summed E-state index contributed by atoms with van der Waals surface area (Å²) in [4.78, 5) is 6.94. The Labute approximate surface area is 180 Å². The van der Waals surface area contributed by atoms with Crippen LogP contribution in [0.3, 0.4) is 0 Å². The Hall–Kier alpha value is -2.80. The summed E-state index contributed by atoms with van der Waals surface area (Å²) in [6.45, 7) is 5.01. The van der Waals surface area contributed by atoms with Gasteiger partial charge < -0.3 is 9.32 Å². The zero-order chi connectivity index (χ0) is 20.3. The molecule has 154 valence electrons. The van der Waals surface area contributed by atoms with Crippen LogP contribution in [0.15, 0.2) is 64.5 Å². The van der Waals surface area contributed by atoms with Crippen LogP contribution >= 0.6 is 11.8 Å². The second kappa shape index (κ2) is 8.52. The predicted octanol–water partition coefficient (Wildman–Crippen LogP) is 5.00. The molecule has 0 saturated carbocycles. The Morgan fingerprint density at radius 3 is 2.77 bits per heavy atom. The van der Waals surface area contributed by atoms with Crippen LogP contribution in [0.1, 0.15) is 31.1 Å². The summed E-state index contributed by atoms with van der Waals surface area (Å²) < 4.78 is 7.82. The van der Waals surface area contributed by atoms with Crippen LogP contribution in [-0.4, -0.2) is 32.8 Å². The largest absolute Gasteiger partial charge is 0.467 e. The molecule has 0 N–H and O–H groups in total. The van der Waals surface area contributed by atoms with E-state index in [-0.39, 0.29) is 0 Å². The van der Waals surface area contributed by atoms with E-state index in [1.165, 1.54) is 18.4 Å². The lowest BCUT2D eigenvalue weighted by atomic mass is 10.00. The first-order chi connectivity index (χ1) is 14.8. The number of nitrogens with zero attached hydrogens (tertiary/aromatic N) is 5. The summed E-state index contributed by atoms with van der Waals surface area (Å²) in [5.41, 5.74) is 2.26. The highest BCUT2D eigenvalue weighted by atomic mass is 32.2. The molecule has 0 atom stereocenters. The number of hydrogen-bond donors (Lipinski definition) is 0. The Balaban J connectivity index is 1.42. The molecule has 0 unspecified atom stereocenters. The van der Waals surface area contributed by atoms with Crippen molar-refractivity contribution in [3.8, 4) is 0 Å². The van der Waals surface area contributed by atoms with Crippen LogP contribution in [0, 0.1) is 5.92 Å². The smallest absolute Gasteiger partial charge is 0.228 e. The maximum Gasteiger partial charge on any atom is 0.228 e. The average Bonchev–Trinajstić information content (AvgIpc) is 3.43. The van der Waals surface area contributed by atoms with Gasteiger partial charge in [-0.05, 0) is 42.5 Å². The normalized spacial score (nSPS) is 15.2. The molecule has 1 aliphatic rings. The van der Waals surface area contributed by atoms with Crippen molar-refractivity contribution in [3.63, 3.8) is 0 Å². The van der Waals surface area contributed by atoms with Crippen LogP contribution in [0.2, 0.25) is 0 Å². The van der Waals surface area contributed by atoms with Gasteiger partial charge in [0.05, 0.1) is 18.3 Å². The Kier molecular flexibility index (Phi) is 5.45. The third kappa shape index (κ3) is 3.94. The van der Waals surface area contributed by atoms with E-state index >= 15 is 0 Å². The van der Waals surface area contributed by atoms with E-state index in [4.69, 9.17) is 4.42 Å². The molecule has 0 radical (unpaired) electrons. The standard InChI is InChI=1S/C23H25N5OS/c1-17-9-12-27(13-10-17)22-25-26-23(28(22)15-20-8-4-14-29-20)30-16-19-6-2-5-18-7-3-11-24-21(18)19/h2-8,11,14,17H,9-10,12-13,15-16H2,1H3. The van der Waals surface area contributed by atoms with Gasteiger partial charge in [-0.3, -0.25) is 9.55 Å². The first kappa shape index (κ1) is 19.2. The number of hydrogen-bond acceptors (Lipinski definition) is 6. The van der Waals surface area contributed by atoms with E-state index in [2.05, 4.69) is 55.8 Å². The lowest BCUT2D eigenvalue weighted by molar-refractivity contribution is 0.427. The zero-order valence-corrected chi connectivity index (χ0v) is 17.9. The van der Waals surface area contributed by atoms with E-state index in [0.29, 0.717) is 6.54 Å². The molecule has 1 fully saturated rings. The number of anilines is 1. The van der Waals surface area contributed by atoms with E-state index in [0.717, 1.165) is 52.5 Å². The monoisotopic (exact) mass is 419 g/mol. The van der Waals surface area contributed by atoms with Gasteiger partial charge in [-0.1, -0.05) is 43.0 Å². The molecule has 0 amide bonds. The Morgan fingerprint density at radius 1 is 1.07 bits per heavy atom. The number of benzene rings is 1. The maximum atomic E-state index is 5.63. The Bertz CT molecular complexity index is 1110. The molecular weight excluding hydrogens is 394 g/mol. The first-order valence-corrected chi connectivity index (χ1v) is 11.4. The molecule has 3 aromatic heterocycles. The molecule has 6 nitrogen and oxygen atoms in total. The Morgan fingerprint density at radius 2 is 1.93 bits per heavy atom. The first-order valence-electron chi connectivity index (χ1n) is 10.4. The number of para-hydroxylation sites is 1. The summed E-state index contributed by atoms with van der Waals surface area (Å²) in [6.07, 6.45) is 5.96. The molecule has 1 saturated heterocycles. The second-order valence-corrected chi connectivity index (χ2v) is 8.84. The summed E-state index contributed by atoms with van der Waals surface area (Å²) >= 11 is 1.70. The van der Waals surface area contributed by atoms with Crippen LogP contribution in [0.4, 0.5) is 5.95 Å². The zero-order valence-electron chi connectivity index (χ0n) is 17.1. The van der Waals surface area contributed by atoms with Gasteiger partial charge in [0.15, 0.2) is 5.16 Å². The van der Waals surface area contributed by atoms with Crippen LogP contribution in [-0.2, 0) is 12.3 Å². The number of fused-ring (bicyclic) bond motifs is 1. The van der Waals surface area contributed by atoms with Gasteiger partial charge in [-0.15, -0.1) is 10.2 Å². The fraction of sp³-hybridized carbons (Fsp3) is 0.348. The number of piperidine rings is 1. The molecular formula is C23H25N5OS. The summed E-state index contributed by atoms with van der Waals surface area (Å²) in [6, 6.07) is 14.3. The highest BCUT2D eigenvalue weighted by Crippen LogP contribution is 2.30. The molecule has 0 spiro atoms. The molecule has 0 aliphatic carbocycles. The molecule has 0 bridgehead atoms. The molecule has 4 aromatic rings. The minimum atomic E-state index is 0.636. The predicted molar refractivity (Wildman–Crippen MR) is 120 cm³/mol. The van der Waals surface area contributed by atoms with E-state index < -0.39 is 0 Å². The maximum absolute atomic E-state index is 5.63. The van der Waals surface area contributed by atoms with Gasteiger partial charge in [0, 0.05) is 30.4 Å². The van der Waals surface area contributed by atoms with Crippen molar-refractivity contribution >= 4 is 28.6 Å². The lowest BCUT2D eigenvalue weighted by Gasteiger charge is -2.31. The minimum Gasteiger partial charge on any atom is -0.467 e. The fourth-order valence-electron chi connectivity index (χ4n) is 3.95. The number of pyridine rings is 1. The highest BCUT2D eigenvalue weighted by Gasteiger charge is 2.23. The van der Waals surface area contributed by atoms with Crippen LogP contribution in [0.5, 0.6) is 0 Å². The number of thioether (sulfide) groups is 1. The quantitative estimate of drug-likeness (QED) is 0.410. The molecule has 1 aliphatic heterocycles. The summed E-state index contributed by atoms with van der Waals surface area (Å²) in [5.74, 6) is 3.42. The number of rotatable bonds is 6. The molecule has 5 rings (SSSR count). The van der Waals surface area contributed by atoms with Crippen molar-refractivity contribution in [1.29, 1.82) is 0 Å². The van der Waals surface area contributed by atoms with Crippen molar-refractivity contribution in [2.75, 3.05) is 18.0 Å². The van der Waals surface area contributed by atoms with E-state index in [1.807, 2.05) is 24.4 Å². The van der Waals surface area contributed by atoms with Gasteiger partial charge in [0.25, 0.3) is 0 Å². The topological polar surface area (TPSA) is 60.0 Å². The van der Waals surface area contributed by atoms with Gasteiger partial charge in [0.2, 0.25) is 5.95 Å². The van der Waals surface area contributed by atoms with Crippen molar-refractivity contribution < 1.29 is 4.42 Å². The van der Waals surface area contributed by atoms with Crippen molar-refractivity contribution in [1.82, 2.24) is 19.7 Å². The van der Waals surface area contributed by atoms with Gasteiger partial charge in [-0.2, -0.15) is 0 Å². The molecule has 1 aromatic carbocycles. The van der Waals surface area contributed by atoms with E-state index in [9.17, 15) is 0 Å². The van der Waals surface area contributed by atoms with Crippen molar-refractivity contribution in [2.45, 2.75) is 37.2 Å². The second-order valence-electron chi connectivity index (χ2n) is 7.90. The lowest BCUT2D eigenvalue weighted by Crippen LogP contribution is -2.35. The van der Waals surface area contributed by atoms with Crippen LogP contribution in [0.25, 0.3) is 10.9 Å². The number of furan rings is 1. The van der Waals surface area contributed by atoms with Gasteiger partial charge in [-0.25, -0.2) is 0 Å². The van der Waals surface area contributed by atoms with Crippen molar-refractivity contribution in [2.24, 2.45) is 5.92 Å². The fourth-order valence-corrected chi connectivity index (χ4v) is 4.87. The molecule has 30 heavy (non-hydrogen) atoms. The number of aromatic nitrogens is 4. The van der Waals surface area contributed by atoms with Gasteiger partial charge in [0.1, 0.15) is 5.76 Å². The highest BCUT2D eigenvalue weighted by molar-refractivity contribution is 7.98. The third-order valence-corrected chi connectivity index (χ3v) is 6.75. The minimum absolute atomic E-state index is 0.636. The average molecular weight is 420 g/mol. The van der Waals surface area contributed by atoms with Crippen LogP contribution < -0.4 is 4.90 Å².